The van der Waals surface area contributed by atoms with E-state index in [4.69, 9.17) is 26.2 Å². The normalized spacial score (nSPS) is 28.6. The van der Waals surface area contributed by atoms with Crippen molar-refractivity contribution in [1.82, 2.24) is 9.88 Å². The molecule has 1 aromatic rings. The van der Waals surface area contributed by atoms with Crippen LogP contribution in [0.3, 0.4) is 0 Å². The molecule has 25 heavy (non-hydrogen) atoms. The van der Waals surface area contributed by atoms with Crippen molar-refractivity contribution in [2.75, 3.05) is 6.54 Å². The minimum absolute atomic E-state index is 0.107. The second-order valence-electron chi connectivity index (χ2n) is 6.43. The average molecular weight is 369 g/mol. The van der Waals surface area contributed by atoms with Gasteiger partial charge in [0.15, 0.2) is 0 Å². The molecule has 0 aromatic carbocycles. The Kier molecular flexibility index (Phi) is 5.44. The number of hydrogen-bond acceptors (Lipinski definition) is 5. The van der Waals surface area contributed by atoms with Crippen molar-refractivity contribution in [3.05, 3.63) is 29.6 Å². The van der Waals surface area contributed by atoms with Crippen molar-refractivity contribution in [2.24, 2.45) is 0 Å². The molecule has 0 spiro atoms. The first kappa shape index (κ1) is 17.9. The van der Waals surface area contributed by atoms with Gasteiger partial charge in [-0.1, -0.05) is 6.07 Å². The second kappa shape index (κ2) is 7.58. The molecule has 1 aliphatic heterocycles. The lowest BCUT2D eigenvalue weighted by molar-refractivity contribution is -0.137. The standard InChI is InChI=1S/C17H21ClN2O5/c1-10-3-2-4-11(19-10)9-24-14-8-15-13(7-12(14)18)20(17(23)25-15)6-5-16(21)22/h2-4,12-15H,5-9H2,1H3,(H,21,22). The molecule has 1 aliphatic carbocycles. The Labute approximate surface area is 150 Å². The predicted molar refractivity (Wildman–Crippen MR) is 89.4 cm³/mol. The molecular formula is C17H21ClN2O5. The van der Waals surface area contributed by atoms with Gasteiger partial charge in [-0.15, -0.1) is 11.6 Å². The molecule has 2 fully saturated rings. The Morgan fingerprint density at radius 1 is 1.48 bits per heavy atom. The molecule has 1 N–H and O–H groups in total. The number of aryl methyl sites for hydroxylation is 1. The largest absolute Gasteiger partial charge is 0.481 e. The van der Waals surface area contributed by atoms with Gasteiger partial charge >= 0.3 is 12.1 Å². The zero-order valence-corrected chi connectivity index (χ0v) is 14.7. The Hall–Kier alpha value is -1.86. The zero-order chi connectivity index (χ0) is 18.0. The fourth-order valence-electron chi connectivity index (χ4n) is 3.37. The SMILES string of the molecule is Cc1cccc(COC2CC3OC(=O)N(CCC(=O)O)C3CC2Cl)n1. The number of aliphatic carboxylic acids is 1. The highest BCUT2D eigenvalue weighted by Gasteiger charge is 2.48. The summed E-state index contributed by atoms with van der Waals surface area (Å²) in [4.78, 5) is 28.6. The van der Waals surface area contributed by atoms with Gasteiger partial charge in [0.1, 0.15) is 6.10 Å². The van der Waals surface area contributed by atoms with Crippen LogP contribution in [-0.2, 0) is 20.9 Å². The van der Waals surface area contributed by atoms with Crippen LogP contribution in [-0.4, -0.2) is 57.2 Å². The first-order valence-electron chi connectivity index (χ1n) is 8.31. The average Bonchev–Trinajstić information content (AvgIpc) is 2.85. The molecule has 8 heteroatoms. The first-order chi connectivity index (χ1) is 11.9. The van der Waals surface area contributed by atoms with Crippen LogP contribution in [0.4, 0.5) is 4.79 Å². The topological polar surface area (TPSA) is 89.0 Å². The number of hydrogen-bond donors (Lipinski definition) is 1. The Bertz CT molecular complexity index is 656. The van der Waals surface area contributed by atoms with Crippen LogP contribution < -0.4 is 0 Å². The van der Waals surface area contributed by atoms with E-state index in [0.717, 1.165) is 11.4 Å². The fourth-order valence-corrected chi connectivity index (χ4v) is 3.73. The number of fused-ring (bicyclic) bond motifs is 1. The molecule has 3 rings (SSSR count). The van der Waals surface area contributed by atoms with E-state index in [1.165, 1.54) is 4.90 Å². The van der Waals surface area contributed by atoms with Crippen LogP contribution in [0.2, 0.25) is 0 Å². The van der Waals surface area contributed by atoms with E-state index in [-0.39, 0.29) is 36.6 Å². The quantitative estimate of drug-likeness (QED) is 0.775. The van der Waals surface area contributed by atoms with Crippen LogP contribution >= 0.6 is 11.6 Å². The van der Waals surface area contributed by atoms with E-state index in [2.05, 4.69) is 4.98 Å². The third-order valence-electron chi connectivity index (χ3n) is 4.61. The minimum Gasteiger partial charge on any atom is -0.481 e. The zero-order valence-electron chi connectivity index (χ0n) is 13.9. The number of halogens is 1. The molecule has 4 unspecified atom stereocenters. The highest BCUT2D eigenvalue weighted by atomic mass is 35.5. The summed E-state index contributed by atoms with van der Waals surface area (Å²) >= 11 is 6.47. The van der Waals surface area contributed by atoms with Crippen LogP contribution in [0.25, 0.3) is 0 Å². The predicted octanol–water partition coefficient (Wildman–Crippen LogP) is 2.34. The number of carbonyl (C=O) groups excluding carboxylic acids is 1. The van der Waals surface area contributed by atoms with E-state index in [1.807, 2.05) is 25.1 Å². The number of pyridine rings is 1. The van der Waals surface area contributed by atoms with E-state index >= 15 is 0 Å². The number of aromatic nitrogens is 1. The monoisotopic (exact) mass is 368 g/mol. The maximum atomic E-state index is 12.0. The summed E-state index contributed by atoms with van der Waals surface area (Å²) in [5.74, 6) is -0.943. The van der Waals surface area contributed by atoms with E-state index in [9.17, 15) is 9.59 Å². The van der Waals surface area contributed by atoms with Crippen LogP contribution in [0.15, 0.2) is 18.2 Å². The third kappa shape index (κ3) is 4.22. The summed E-state index contributed by atoms with van der Waals surface area (Å²) in [7, 11) is 0. The molecule has 4 atom stereocenters. The minimum atomic E-state index is -0.943. The van der Waals surface area contributed by atoms with E-state index in [1.54, 1.807) is 0 Å². The van der Waals surface area contributed by atoms with Gasteiger partial charge in [0.05, 0.1) is 36.2 Å². The van der Waals surface area contributed by atoms with Crippen molar-refractivity contribution >= 4 is 23.7 Å². The summed E-state index contributed by atoms with van der Waals surface area (Å²) in [6.07, 6.45) is -0.112. The third-order valence-corrected chi connectivity index (χ3v) is 5.07. The molecule has 136 valence electrons. The highest BCUT2D eigenvalue weighted by molar-refractivity contribution is 6.21. The molecule has 7 nitrogen and oxygen atoms in total. The molecule has 0 radical (unpaired) electrons. The molecule has 1 saturated carbocycles. The number of carboxylic acid groups (broad SMARTS) is 1. The van der Waals surface area contributed by atoms with Gasteiger partial charge in [0.25, 0.3) is 0 Å². The molecule has 0 bridgehead atoms. The van der Waals surface area contributed by atoms with Crippen molar-refractivity contribution in [3.8, 4) is 0 Å². The fraction of sp³-hybridized carbons (Fsp3) is 0.588. The number of rotatable bonds is 6. The molecule has 2 aliphatic rings. The van der Waals surface area contributed by atoms with Gasteiger partial charge in [-0.05, 0) is 25.5 Å². The van der Waals surface area contributed by atoms with Gasteiger partial charge < -0.3 is 19.5 Å². The Morgan fingerprint density at radius 3 is 3.00 bits per heavy atom. The van der Waals surface area contributed by atoms with E-state index < -0.39 is 12.1 Å². The number of amides is 1. The number of alkyl halides is 1. The Morgan fingerprint density at radius 2 is 2.28 bits per heavy atom. The van der Waals surface area contributed by atoms with Gasteiger partial charge in [-0.25, -0.2) is 4.79 Å². The lowest BCUT2D eigenvalue weighted by Crippen LogP contribution is -2.47. The van der Waals surface area contributed by atoms with Crippen molar-refractivity contribution in [1.29, 1.82) is 0 Å². The van der Waals surface area contributed by atoms with E-state index in [0.29, 0.717) is 19.4 Å². The number of carbonyl (C=O) groups is 2. The maximum absolute atomic E-state index is 12.0. The molecule has 1 amide bonds. The second-order valence-corrected chi connectivity index (χ2v) is 6.99. The smallest absolute Gasteiger partial charge is 0.410 e. The molecule has 2 heterocycles. The van der Waals surface area contributed by atoms with Crippen molar-refractivity contribution in [3.63, 3.8) is 0 Å². The molecule has 1 saturated heterocycles. The van der Waals surface area contributed by atoms with Gasteiger partial charge in [0, 0.05) is 18.7 Å². The summed E-state index contributed by atoms with van der Waals surface area (Å²) in [5, 5.41) is 8.55. The first-order valence-corrected chi connectivity index (χ1v) is 8.75. The lowest BCUT2D eigenvalue weighted by Gasteiger charge is -2.35. The number of nitrogens with zero attached hydrogens (tertiary/aromatic N) is 2. The van der Waals surface area contributed by atoms with Gasteiger partial charge in [-0.3, -0.25) is 9.78 Å². The lowest BCUT2D eigenvalue weighted by atomic mass is 9.89. The molecule has 1 aromatic heterocycles. The number of ether oxygens (including phenoxy) is 2. The summed E-state index contributed by atoms with van der Waals surface area (Å²) in [5.41, 5.74) is 1.75. The maximum Gasteiger partial charge on any atom is 0.410 e. The summed E-state index contributed by atoms with van der Waals surface area (Å²) in [6.45, 7) is 2.41. The Balaban J connectivity index is 1.58. The molecular weight excluding hydrogens is 348 g/mol. The summed E-state index contributed by atoms with van der Waals surface area (Å²) < 4.78 is 11.3. The van der Waals surface area contributed by atoms with Gasteiger partial charge in [0.2, 0.25) is 0 Å². The van der Waals surface area contributed by atoms with Crippen molar-refractivity contribution < 1.29 is 24.2 Å². The number of carboxylic acids is 1. The van der Waals surface area contributed by atoms with Gasteiger partial charge in [-0.2, -0.15) is 0 Å². The van der Waals surface area contributed by atoms with Crippen LogP contribution in [0, 0.1) is 6.92 Å². The van der Waals surface area contributed by atoms with Crippen molar-refractivity contribution in [2.45, 2.75) is 56.4 Å². The summed E-state index contributed by atoms with van der Waals surface area (Å²) in [6, 6.07) is 5.55. The highest BCUT2D eigenvalue weighted by Crippen LogP contribution is 2.36. The van der Waals surface area contributed by atoms with Crippen LogP contribution in [0.5, 0.6) is 0 Å². The van der Waals surface area contributed by atoms with Crippen LogP contribution in [0.1, 0.15) is 30.7 Å².